The Labute approximate surface area is 160 Å². The summed E-state index contributed by atoms with van der Waals surface area (Å²) >= 11 is 0. The van der Waals surface area contributed by atoms with Crippen LogP contribution in [0.2, 0.25) is 0 Å². The molecular weight excluding hydrogens is 373 g/mol. The lowest BCUT2D eigenvalue weighted by Crippen LogP contribution is -2.48. The quantitative estimate of drug-likeness (QED) is 0.706. The third-order valence-corrected chi connectivity index (χ3v) is 6.12. The number of urea groups is 1. The third kappa shape index (κ3) is 5.40. The Hall–Kier alpha value is -1.71. The van der Waals surface area contributed by atoms with E-state index >= 15 is 0 Å². The largest absolute Gasteiger partial charge is 0.393 e. The zero-order chi connectivity index (χ0) is 20.4. The van der Waals surface area contributed by atoms with Crippen molar-refractivity contribution in [1.82, 2.24) is 9.03 Å². The summed E-state index contributed by atoms with van der Waals surface area (Å²) in [5.41, 5.74) is 1.64. The number of benzene rings is 1. The highest BCUT2D eigenvalue weighted by Gasteiger charge is 2.29. The highest BCUT2D eigenvalue weighted by Crippen LogP contribution is 2.33. The summed E-state index contributed by atoms with van der Waals surface area (Å²) in [5, 5.41) is 12.1. The Morgan fingerprint density at radius 1 is 1.15 bits per heavy atom. The van der Waals surface area contributed by atoms with Crippen molar-refractivity contribution in [3.63, 3.8) is 0 Å². The van der Waals surface area contributed by atoms with Crippen LogP contribution in [-0.2, 0) is 10.2 Å². The van der Waals surface area contributed by atoms with Gasteiger partial charge in [-0.3, -0.25) is 0 Å². The van der Waals surface area contributed by atoms with E-state index in [1.54, 1.807) is 0 Å². The van der Waals surface area contributed by atoms with E-state index in [-0.39, 0.29) is 24.9 Å². The normalized spacial score (nSPS) is 16.7. The number of carbonyl (C=O) groups is 1. The van der Waals surface area contributed by atoms with Gasteiger partial charge < -0.3 is 10.4 Å². The maximum Gasteiger partial charge on any atom is 0.333 e. The molecule has 1 fully saturated rings. The molecule has 2 rings (SSSR count). The van der Waals surface area contributed by atoms with Crippen molar-refractivity contribution < 1.29 is 22.7 Å². The van der Waals surface area contributed by atoms with Gasteiger partial charge in [0.15, 0.2) is 0 Å². The number of hydrogen-bond donors (Lipinski definition) is 3. The second kappa shape index (κ2) is 8.53. The van der Waals surface area contributed by atoms with E-state index < -0.39 is 28.2 Å². The number of amides is 2. The number of halogens is 1. The van der Waals surface area contributed by atoms with Crippen LogP contribution in [0.15, 0.2) is 12.1 Å². The summed E-state index contributed by atoms with van der Waals surface area (Å²) < 4.78 is 41.9. The molecular formula is C18H28FN3O4S. The van der Waals surface area contributed by atoms with Crippen molar-refractivity contribution >= 4 is 21.9 Å². The van der Waals surface area contributed by atoms with Crippen molar-refractivity contribution in [3.05, 3.63) is 29.1 Å². The molecule has 0 bridgehead atoms. The summed E-state index contributed by atoms with van der Waals surface area (Å²) in [6.07, 6.45) is 0.136. The molecule has 27 heavy (non-hydrogen) atoms. The summed E-state index contributed by atoms with van der Waals surface area (Å²) in [6, 6.07) is 1.82. The van der Waals surface area contributed by atoms with Gasteiger partial charge in [-0.15, -0.1) is 0 Å². The number of aliphatic hydroxyl groups excluding tert-OH is 1. The summed E-state index contributed by atoms with van der Waals surface area (Å²) in [7, 11) is -4.01. The van der Waals surface area contributed by atoms with Crippen molar-refractivity contribution in [3.8, 4) is 0 Å². The van der Waals surface area contributed by atoms with Crippen LogP contribution in [0, 0.1) is 5.82 Å². The molecule has 1 saturated heterocycles. The number of rotatable bonds is 5. The van der Waals surface area contributed by atoms with Crippen LogP contribution >= 0.6 is 0 Å². The van der Waals surface area contributed by atoms with Crippen LogP contribution in [0.4, 0.5) is 14.9 Å². The van der Waals surface area contributed by atoms with Gasteiger partial charge in [0.05, 0.1) is 6.10 Å². The predicted octanol–water partition coefficient (Wildman–Crippen LogP) is 2.90. The number of nitrogens with zero attached hydrogens (tertiary/aromatic N) is 1. The zero-order valence-corrected chi connectivity index (χ0v) is 16.9. The van der Waals surface area contributed by atoms with E-state index in [4.69, 9.17) is 0 Å². The monoisotopic (exact) mass is 401 g/mol. The number of aliphatic hydroxyl groups is 1. The van der Waals surface area contributed by atoms with Crippen LogP contribution in [-0.4, -0.2) is 43.1 Å². The Morgan fingerprint density at radius 2 is 1.63 bits per heavy atom. The first-order chi connectivity index (χ1) is 12.5. The molecule has 0 aromatic heterocycles. The van der Waals surface area contributed by atoms with Gasteiger partial charge in [0.25, 0.3) is 0 Å². The van der Waals surface area contributed by atoms with Gasteiger partial charge in [-0.1, -0.05) is 27.7 Å². The fourth-order valence-electron chi connectivity index (χ4n) is 3.11. The average molecular weight is 402 g/mol. The fraction of sp³-hybridized carbons (Fsp3) is 0.611. The van der Waals surface area contributed by atoms with Crippen LogP contribution in [0.5, 0.6) is 0 Å². The van der Waals surface area contributed by atoms with E-state index in [1.807, 2.05) is 32.4 Å². The van der Waals surface area contributed by atoms with Crippen LogP contribution in [0.1, 0.15) is 63.5 Å². The topological polar surface area (TPSA) is 98.7 Å². The van der Waals surface area contributed by atoms with Crippen molar-refractivity contribution in [2.24, 2.45) is 0 Å². The Bertz CT molecular complexity index is 759. The number of nitrogens with one attached hydrogen (secondary N) is 2. The molecule has 152 valence electrons. The Kier molecular flexibility index (Phi) is 6.82. The fourth-order valence-corrected chi connectivity index (χ4v) is 4.21. The van der Waals surface area contributed by atoms with E-state index in [0.717, 1.165) is 4.31 Å². The standard InChI is InChI=1S/C18H28FN3O4S/c1-11(2)15-9-13(19)10-16(12(3)4)17(15)20-18(24)21-27(25,26)22-7-5-14(23)6-8-22/h9-12,14,23H,5-8H2,1-4H3,(H2,20,21,24). The molecule has 0 saturated carbocycles. The van der Waals surface area contributed by atoms with Crippen LogP contribution in [0.3, 0.4) is 0 Å². The SMILES string of the molecule is CC(C)c1cc(F)cc(C(C)C)c1NC(=O)NS(=O)(=O)N1CCC(O)CC1. The molecule has 9 heteroatoms. The lowest BCUT2D eigenvalue weighted by atomic mass is 9.92. The molecule has 2 amide bonds. The molecule has 0 atom stereocenters. The van der Waals surface area contributed by atoms with E-state index in [2.05, 4.69) is 5.32 Å². The number of hydrogen-bond acceptors (Lipinski definition) is 4. The van der Waals surface area contributed by atoms with Crippen molar-refractivity contribution in [2.45, 2.75) is 58.5 Å². The molecule has 1 aromatic carbocycles. The molecule has 3 N–H and O–H groups in total. The van der Waals surface area contributed by atoms with Crippen LogP contribution in [0.25, 0.3) is 0 Å². The molecule has 0 spiro atoms. The average Bonchev–Trinajstić information content (AvgIpc) is 2.55. The first-order valence-electron chi connectivity index (χ1n) is 9.11. The number of carbonyl (C=O) groups excluding carboxylic acids is 1. The molecule has 1 aromatic rings. The lowest BCUT2D eigenvalue weighted by Gasteiger charge is -2.28. The first-order valence-corrected chi connectivity index (χ1v) is 10.6. The first kappa shape index (κ1) is 21.6. The van der Waals surface area contributed by atoms with Gasteiger partial charge in [-0.05, 0) is 47.9 Å². The molecule has 7 nitrogen and oxygen atoms in total. The maximum atomic E-state index is 14.0. The second-order valence-electron chi connectivity index (χ2n) is 7.46. The molecule has 1 heterocycles. The Morgan fingerprint density at radius 3 is 2.07 bits per heavy atom. The lowest BCUT2D eigenvalue weighted by molar-refractivity contribution is 0.112. The molecule has 0 aliphatic carbocycles. The summed E-state index contributed by atoms with van der Waals surface area (Å²) in [5.74, 6) is -0.518. The van der Waals surface area contributed by atoms with Crippen LogP contribution < -0.4 is 10.0 Å². The molecule has 0 unspecified atom stereocenters. The second-order valence-corrected chi connectivity index (χ2v) is 9.13. The minimum absolute atomic E-state index is 0.0614. The van der Waals surface area contributed by atoms with Gasteiger partial charge in [0.2, 0.25) is 0 Å². The van der Waals surface area contributed by atoms with E-state index in [9.17, 15) is 22.7 Å². The molecule has 0 radical (unpaired) electrons. The predicted molar refractivity (Wildman–Crippen MR) is 102 cm³/mol. The molecule has 1 aliphatic rings. The number of piperidine rings is 1. The highest BCUT2D eigenvalue weighted by atomic mass is 32.2. The Balaban J connectivity index is 2.22. The highest BCUT2D eigenvalue weighted by molar-refractivity contribution is 7.87. The summed E-state index contributed by atoms with van der Waals surface area (Å²) in [4.78, 5) is 12.4. The smallest absolute Gasteiger partial charge is 0.333 e. The van der Waals surface area contributed by atoms with Gasteiger partial charge in [-0.25, -0.2) is 13.9 Å². The zero-order valence-electron chi connectivity index (χ0n) is 16.1. The minimum Gasteiger partial charge on any atom is -0.393 e. The molecule has 1 aliphatic heterocycles. The maximum absolute atomic E-state index is 14.0. The van der Waals surface area contributed by atoms with Crippen molar-refractivity contribution in [2.75, 3.05) is 18.4 Å². The van der Waals surface area contributed by atoms with Gasteiger partial charge in [0, 0.05) is 18.8 Å². The van der Waals surface area contributed by atoms with Gasteiger partial charge in [-0.2, -0.15) is 12.7 Å². The van der Waals surface area contributed by atoms with Crippen molar-refractivity contribution in [1.29, 1.82) is 0 Å². The number of anilines is 1. The summed E-state index contributed by atoms with van der Waals surface area (Å²) in [6.45, 7) is 7.79. The van der Waals surface area contributed by atoms with Gasteiger partial charge >= 0.3 is 16.2 Å². The minimum atomic E-state index is -4.01. The van der Waals surface area contributed by atoms with E-state index in [1.165, 1.54) is 12.1 Å². The van der Waals surface area contributed by atoms with E-state index in [0.29, 0.717) is 29.7 Å². The third-order valence-electron chi connectivity index (χ3n) is 4.63. The van der Waals surface area contributed by atoms with Gasteiger partial charge in [0.1, 0.15) is 5.82 Å².